The summed E-state index contributed by atoms with van der Waals surface area (Å²) in [5, 5.41) is 0. The molecule has 3 nitrogen and oxygen atoms in total. The van der Waals surface area contributed by atoms with Crippen LogP contribution in [0.3, 0.4) is 0 Å². The molecular formula is C15H18O3. The fraction of sp³-hybridized carbons (Fsp3) is 0.400. The van der Waals surface area contributed by atoms with Gasteiger partial charge in [-0.3, -0.25) is 4.79 Å². The molecule has 1 aliphatic carbocycles. The van der Waals surface area contributed by atoms with Crippen molar-refractivity contribution in [3.8, 4) is 11.5 Å². The van der Waals surface area contributed by atoms with Gasteiger partial charge in [-0.15, -0.1) is 0 Å². The Labute approximate surface area is 107 Å². The number of methoxy groups -OCH3 is 2. The minimum atomic E-state index is 0.615. The molecule has 0 saturated heterocycles. The van der Waals surface area contributed by atoms with Crippen molar-refractivity contribution in [2.75, 3.05) is 14.2 Å². The van der Waals surface area contributed by atoms with Crippen LogP contribution in [0.2, 0.25) is 0 Å². The number of benzene rings is 1. The van der Waals surface area contributed by atoms with Crippen LogP contribution < -0.4 is 9.47 Å². The standard InChI is InChI=1S/C15H18O3/c1-10-5-4-6-12(10)13-7-11(9-16)8-14(17-2)15(13)18-3/h7-9H,4-6H2,1-3H3. The second-order valence-electron chi connectivity index (χ2n) is 4.53. The maximum Gasteiger partial charge on any atom is 0.168 e. The highest BCUT2D eigenvalue weighted by Gasteiger charge is 2.20. The molecule has 2 rings (SSSR count). The van der Waals surface area contributed by atoms with Crippen molar-refractivity contribution in [2.45, 2.75) is 26.2 Å². The molecule has 96 valence electrons. The van der Waals surface area contributed by atoms with Crippen LogP contribution in [-0.4, -0.2) is 20.5 Å². The largest absolute Gasteiger partial charge is 0.493 e. The first-order valence-corrected chi connectivity index (χ1v) is 6.11. The van der Waals surface area contributed by atoms with Gasteiger partial charge in [0.1, 0.15) is 6.29 Å². The minimum absolute atomic E-state index is 0.615. The topological polar surface area (TPSA) is 35.5 Å². The molecule has 0 amide bonds. The lowest BCUT2D eigenvalue weighted by Crippen LogP contribution is -1.98. The molecule has 1 aliphatic rings. The van der Waals surface area contributed by atoms with Gasteiger partial charge in [-0.1, -0.05) is 5.57 Å². The number of carbonyl (C=O) groups is 1. The number of allylic oxidation sites excluding steroid dienone is 2. The van der Waals surface area contributed by atoms with Crippen LogP contribution in [0.4, 0.5) is 0 Å². The van der Waals surface area contributed by atoms with Crippen LogP contribution in [0.5, 0.6) is 11.5 Å². The molecule has 0 atom stereocenters. The zero-order valence-corrected chi connectivity index (χ0v) is 11.1. The molecule has 0 bridgehead atoms. The molecule has 0 saturated carbocycles. The molecule has 0 fully saturated rings. The zero-order chi connectivity index (χ0) is 13.1. The van der Waals surface area contributed by atoms with Gasteiger partial charge in [0, 0.05) is 11.1 Å². The van der Waals surface area contributed by atoms with E-state index in [1.807, 2.05) is 6.07 Å². The van der Waals surface area contributed by atoms with Gasteiger partial charge in [0.15, 0.2) is 11.5 Å². The van der Waals surface area contributed by atoms with E-state index in [-0.39, 0.29) is 0 Å². The summed E-state index contributed by atoms with van der Waals surface area (Å²) in [7, 11) is 3.22. The van der Waals surface area contributed by atoms with Crippen LogP contribution in [0.1, 0.15) is 42.1 Å². The smallest absolute Gasteiger partial charge is 0.168 e. The number of hydrogen-bond donors (Lipinski definition) is 0. The molecule has 0 N–H and O–H groups in total. The van der Waals surface area contributed by atoms with Gasteiger partial charge in [0.25, 0.3) is 0 Å². The number of rotatable bonds is 4. The first-order valence-electron chi connectivity index (χ1n) is 6.11. The maximum absolute atomic E-state index is 11.0. The molecule has 18 heavy (non-hydrogen) atoms. The Bertz CT molecular complexity index is 501. The summed E-state index contributed by atoms with van der Waals surface area (Å²) in [6.45, 7) is 2.14. The molecule has 0 radical (unpaired) electrons. The zero-order valence-electron chi connectivity index (χ0n) is 11.1. The Morgan fingerprint density at radius 3 is 2.44 bits per heavy atom. The van der Waals surface area contributed by atoms with E-state index in [9.17, 15) is 4.79 Å². The maximum atomic E-state index is 11.0. The van der Waals surface area contributed by atoms with Crippen molar-refractivity contribution in [2.24, 2.45) is 0 Å². The third-order valence-corrected chi connectivity index (χ3v) is 3.46. The van der Waals surface area contributed by atoms with Crippen molar-refractivity contribution in [3.05, 3.63) is 28.8 Å². The van der Waals surface area contributed by atoms with E-state index >= 15 is 0 Å². The van der Waals surface area contributed by atoms with Crippen molar-refractivity contribution >= 4 is 11.9 Å². The summed E-state index contributed by atoms with van der Waals surface area (Å²) in [5.74, 6) is 1.34. The monoisotopic (exact) mass is 246 g/mol. The van der Waals surface area contributed by atoms with Crippen LogP contribution in [0.25, 0.3) is 5.57 Å². The molecule has 0 aliphatic heterocycles. The fourth-order valence-corrected chi connectivity index (χ4v) is 2.54. The van der Waals surface area contributed by atoms with E-state index in [0.29, 0.717) is 11.3 Å². The Morgan fingerprint density at radius 1 is 1.17 bits per heavy atom. The van der Waals surface area contributed by atoms with E-state index in [4.69, 9.17) is 9.47 Å². The van der Waals surface area contributed by atoms with Gasteiger partial charge < -0.3 is 9.47 Å². The van der Waals surface area contributed by atoms with Gasteiger partial charge in [-0.2, -0.15) is 0 Å². The van der Waals surface area contributed by atoms with Crippen LogP contribution >= 0.6 is 0 Å². The number of hydrogen-bond acceptors (Lipinski definition) is 3. The Morgan fingerprint density at radius 2 is 1.94 bits per heavy atom. The molecule has 1 aromatic carbocycles. The SMILES string of the molecule is COc1cc(C=O)cc(C2=C(C)CCC2)c1OC. The average Bonchev–Trinajstić information content (AvgIpc) is 2.83. The fourth-order valence-electron chi connectivity index (χ4n) is 2.54. The van der Waals surface area contributed by atoms with Gasteiger partial charge in [0.05, 0.1) is 14.2 Å². The van der Waals surface area contributed by atoms with Gasteiger partial charge >= 0.3 is 0 Å². The van der Waals surface area contributed by atoms with E-state index in [2.05, 4.69) is 6.92 Å². The van der Waals surface area contributed by atoms with E-state index < -0.39 is 0 Å². The van der Waals surface area contributed by atoms with E-state index in [0.717, 1.165) is 36.9 Å². The normalized spacial score (nSPS) is 14.8. The summed E-state index contributed by atoms with van der Waals surface area (Å²) < 4.78 is 10.8. The highest BCUT2D eigenvalue weighted by molar-refractivity contribution is 5.84. The van der Waals surface area contributed by atoms with E-state index in [1.54, 1.807) is 20.3 Å². The molecule has 0 aromatic heterocycles. The third-order valence-electron chi connectivity index (χ3n) is 3.46. The number of carbonyl (C=O) groups excluding carboxylic acids is 1. The second kappa shape index (κ2) is 5.25. The summed E-state index contributed by atoms with van der Waals surface area (Å²) in [6, 6.07) is 3.60. The van der Waals surface area contributed by atoms with Crippen molar-refractivity contribution in [1.29, 1.82) is 0 Å². The predicted octanol–water partition coefficient (Wildman–Crippen LogP) is 3.47. The van der Waals surface area contributed by atoms with Crippen LogP contribution in [-0.2, 0) is 0 Å². The lowest BCUT2D eigenvalue weighted by Gasteiger charge is -2.15. The predicted molar refractivity (Wildman–Crippen MR) is 71.4 cm³/mol. The number of ether oxygens (including phenoxy) is 2. The van der Waals surface area contributed by atoms with Crippen molar-refractivity contribution in [1.82, 2.24) is 0 Å². The lowest BCUT2D eigenvalue weighted by molar-refractivity contribution is 0.112. The highest BCUT2D eigenvalue weighted by atomic mass is 16.5. The first kappa shape index (κ1) is 12.7. The summed E-state index contributed by atoms with van der Waals surface area (Å²) in [6.07, 6.45) is 4.16. The third kappa shape index (κ3) is 2.13. The summed E-state index contributed by atoms with van der Waals surface area (Å²) >= 11 is 0. The summed E-state index contributed by atoms with van der Waals surface area (Å²) in [4.78, 5) is 11.0. The molecule has 1 aromatic rings. The van der Waals surface area contributed by atoms with Gasteiger partial charge in [-0.25, -0.2) is 0 Å². The van der Waals surface area contributed by atoms with Crippen molar-refractivity contribution < 1.29 is 14.3 Å². The number of aldehydes is 1. The first-order chi connectivity index (χ1) is 8.71. The molecule has 0 heterocycles. The quantitative estimate of drug-likeness (QED) is 0.763. The Kier molecular flexibility index (Phi) is 3.70. The van der Waals surface area contributed by atoms with Gasteiger partial charge in [0.2, 0.25) is 0 Å². The highest BCUT2D eigenvalue weighted by Crippen LogP contribution is 2.42. The Hall–Kier alpha value is -1.77. The lowest BCUT2D eigenvalue weighted by atomic mass is 9.99. The second-order valence-corrected chi connectivity index (χ2v) is 4.53. The molecule has 0 unspecified atom stereocenters. The average molecular weight is 246 g/mol. The van der Waals surface area contributed by atoms with Gasteiger partial charge in [-0.05, 0) is 43.9 Å². The van der Waals surface area contributed by atoms with Crippen LogP contribution in [0.15, 0.2) is 17.7 Å². The minimum Gasteiger partial charge on any atom is -0.493 e. The summed E-state index contributed by atoms with van der Waals surface area (Å²) in [5.41, 5.74) is 4.27. The van der Waals surface area contributed by atoms with E-state index in [1.165, 1.54) is 11.1 Å². The van der Waals surface area contributed by atoms with Crippen LogP contribution in [0, 0.1) is 0 Å². The van der Waals surface area contributed by atoms with Crippen molar-refractivity contribution in [3.63, 3.8) is 0 Å². The molecule has 3 heteroatoms. The Balaban J connectivity index is 2.63. The molecular weight excluding hydrogens is 228 g/mol. The molecule has 0 spiro atoms.